The van der Waals surface area contributed by atoms with Gasteiger partial charge < -0.3 is 25.0 Å². The van der Waals surface area contributed by atoms with E-state index in [0.29, 0.717) is 22.9 Å². The van der Waals surface area contributed by atoms with Gasteiger partial charge >= 0.3 is 6.18 Å². The van der Waals surface area contributed by atoms with E-state index < -0.39 is 18.6 Å². The van der Waals surface area contributed by atoms with Crippen molar-refractivity contribution in [3.8, 4) is 11.5 Å². The number of aliphatic imine (C=N–C) groups is 1. The first kappa shape index (κ1) is 26.1. The monoisotopic (exact) mass is 518 g/mol. The number of ether oxygens (including phenoxy) is 2. The number of halogens is 4. The summed E-state index contributed by atoms with van der Waals surface area (Å²) in [6.07, 6.45) is -4.70. The summed E-state index contributed by atoms with van der Waals surface area (Å²) < 4.78 is 47.9. The molecule has 0 saturated carbocycles. The van der Waals surface area contributed by atoms with Gasteiger partial charge in [0, 0.05) is 14.1 Å². The summed E-state index contributed by atoms with van der Waals surface area (Å²) in [7, 11) is 4.13. The number of carbonyl (C=O) groups excluding carboxylic acids is 1. The Labute approximate surface area is 179 Å². The van der Waals surface area contributed by atoms with Crippen molar-refractivity contribution in [2.24, 2.45) is 4.99 Å². The number of amides is 1. The summed E-state index contributed by atoms with van der Waals surface area (Å²) >= 11 is 0. The van der Waals surface area contributed by atoms with Crippen molar-refractivity contribution in [2.45, 2.75) is 19.2 Å². The molecule has 0 radical (unpaired) electrons. The van der Waals surface area contributed by atoms with Gasteiger partial charge in [-0.15, -0.1) is 24.0 Å². The van der Waals surface area contributed by atoms with Crippen molar-refractivity contribution in [2.75, 3.05) is 40.8 Å². The molecule has 1 aromatic rings. The van der Waals surface area contributed by atoms with Crippen LogP contribution >= 0.6 is 24.0 Å². The smallest absolute Gasteiger partial charge is 0.406 e. The molecule has 7 nitrogen and oxygen atoms in total. The summed E-state index contributed by atoms with van der Waals surface area (Å²) in [4.78, 5) is 16.3. The zero-order chi connectivity index (χ0) is 20.4. The lowest BCUT2D eigenvalue weighted by Gasteiger charge is -2.21. The summed E-state index contributed by atoms with van der Waals surface area (Å²) in [5.41, 5.74) is 0. The highest BCUT2D eigenvalue weighted by atomic mass is 127. The maximum atomic E-state index is 12.3. The molecule has 1 aromatic carbocycles. The van der Waals surface area contributed by atoms with Gasteiger partial charge in [0.15, 0.2) is 17.5 Å². The molecule has 0 heterocycles. The van der Waals surface area contributed by atoms with Crippen molar-refractivity contribution in [1.29, 1.82) is 0 Å². The van der Waals surface area contributed by atoms with E-state index in [1.165, 1.54) is 7.05 Å². The number of guanidine groups is 1. The van der Waals surface area contributed by atoms with E-state index in [-0.39, 0.29) is 42.6 Å². The third-order valence-electron chi connectivity index (χ3n) is 3.43. The Morgan fingerprint density at radius 3 is 2.39 bits per heavy atom. The fourth-order valence-electron chi connectivity index (χ4n) is 2.09. The topological polar surface area (TPSA) is 75.2 Å². The van der Waals surface area contributed by atoms with Gasteiger partial charge in [0.05, 0.1) is 20.2 Å². The van der Waals surface area contributed by atoms with E-state index in [2.05, 4.69) is 15.6 Å². The number of benzene rings is 1. The maximum Gasteiger partial charge on any atom is 0.406 e. The second kappa shape index (κ2) is 12.5. The molecule has 0 spiro atoms. The fourth-order valence-corrected chi connectivity index (χ4v) is 2.09. The minimum Gasteiger partial charge on any atom is -0.493 e. The van der Waals surface area contributed by atoms with Crippen LogP contribution in [-0.4, -0.2) is 69.9 Å². The number of alkyl halides is 3. The summed E-state index contributed by atoms with van der Waals surface area (Å²) in [5.74, 6) is 0.763. The number of nitrogens with one attached hydrogen (secondary N) is 2. The molecular weight excluding hydrogens is 492 g/mol. The van der Waals surface area contributed by atoms with E-state index in [9.17, 15) is 18.0 Å². The average Bonchev–Trinajstić information content (AvgIpc) is 2.60. The number of methoxy groups -OCH3 is 1. The molecule has 0 aliphatic rings. The van der Waals surface area contributed by atoms with Crippen LogP contribution in [0.4, 0.5) is 13.2 Å². The van der Waals surface area contributed by atoms with E-state index in [1.807, 2.05) is 19.1 Å². The Morgan fingerprint density at radius 1 is 1.25 bits per heavy atom. The van der Waals surface area contributed by atoms with Crippen LogP contribution in [0.3, 0.4) is 0 Å². The molecule has 0 bridgehead atoms. The second-order valence-corrected chi connectivity index (χ2v) is 5.75. The second-order valence-electron chi connectivity index (χ2n) is 5.75. The minimum absolute atomic E-state index is 0. The highest BCUT2D eigenvalue weighted by molar-refractivity contribution is 14.0. The number of likely N-dealkylation sites (N-methyl/N-ethyl adjacent to an activating group) is 1. The third kappa shape index (κ3) is 9.85. The predicted octanol–water partition coefficient (Wildman–Crippen LogP) is 2.27. The highest BCUT2D eigenvalue weighted by Gasteiger charge is 2.31. The van der Waals surface area contributed by atoms with Gasteiger partial charge in [0.2, 0.25) is 5.91 Å². The number of hydrogen-bond donors (Lipinski definition) is 2. The summed E-state index contributed by atoms with van der Waals surface area (Å²) in [6, 6.07) is 7.20. The predicted molar refractivity (Wildman–Crippen MR) is 112 cm³/mol. The van der Waals surface area contributed by atoms with Gasteiger partial charge in [-0.05, 0) is 19.1 Å². The molecule has 0 fully saturated rings. The van der Waals surface area contributed by atoms with Crippen LogP contribution in [0.2, 0.25) is 0 Å². The van der Waals surface area contributed by atoms with Crippen molar-refractivity contribution >= 4 is 35.8 Å². The number of rotatable bonds is 8. The first-order chi connectivity index (χ1) is 12.7. The Hall–Kier alpha value is -1.92. The van der Waals surface area contributed by atoms with Crippen molar-refractivity contribution < 1.29 is 27.4 Å². The van der Waals surface area contributed by atoms with E-state index in [1.54, 1.807) is 19.2 Å². The number of carbonyl (C=O) groups is 1. The normalized spacial score (nSPS) is 12.5. The molecule has 1 atom stereocenters. The van der Waals surface area contributed by atoms with E-state index in [0.717, 1.165) is 7.05 Å². The molecule has 28 heavy (non-hydrogen) atoms. The largest absolute Gasteiger partial charge is 0.493 e. The Bertz CT molecular complexity index is 644. The van der Waals surface area contributed by atoms with Gasteiger partial charge in [-0.2, -0.15) is 13.2 Å². The molecule has 1 amide bonds. The number of para-hydroxylation sites is 2. The van der Waals surface area contributed by atoms with Crippen LogP contribution in [-0.2, 0) is 4.79 Å². The average molecular weight is 518 g/mol. The van der Waals surface area contributed by atoms with Crippen molar-refractivity contribution in [1.82, 2.24) is 15.5 Å². The SMILES string of the molecule is CN=C(NCC(=O)N(C)CC(F)(F)F)NCC(C)Oc1ccccc1OC.I. The Morgan fingerprint density at radius 2 is 1.86 bits per heavy atom. The Kier molecular flexibility index (Phi) is 11.7. The molecule has 0 aliphatic carbocycles. The summed E-state index contributed by atoms with van der Waals surface area (Å²) in [6.45, 7) is 0.566. The third-order valence-corrected chi connectivity index (χ3v) is 3.43. The van der Waals surface area contributed by atoms with Crippen molar-refractivity contribution in [3.05, 3.63) is 24.3 Å². The maximum absolute atomic E-state index is 12.3. The van der Waals surface area contributed by atoms with Crippen LogP contribution in [0.5, 0.6) is 11.5 Å². The lowest BCUT2D eigenvalue weighted by atomic mass is 10.3. The molecule has 0 saturated heterocycles. The molecule has 0 aliphatic heterocycles. The van der Waals surface area contributed by atoms with Crippen LogP contribution in [0.25, 0.3) is 0 Å². The number of hydrogen-bond acceptors (Lipinski definition) is 4. The molecule has 2 N–H and O–H groups in total. The van der Waals surface area contributed by atoms with Gasteiger partial charge in [0.25, 0.3) is 0 Å². The van der Waals surface area contributed by atoms with Crippen LogP contribution in [0.1, 0.15) is 6.92 Å². The van der Waals surface area contributed by atoms with E-state index in [4.69, 9.17) is 9.47 Å². The molecular formula is C17H26F3IN4O3. The van der Waals surface area contributed by atoms with E-state index >= 15 is 0 Å². The molecule has 1 rings (SSSR count). The first-order valence-corrected chi connectivity index (χ1v) is 8.21. The lowest BCUT2D eigenvalue weighted by Crippen LogP contribution is -2.47. The van der Waals surface area contributed by atoms with Gasteiger partial charge in [-0.3, -0.25) is 9.79 Å². The lowest BCUT2D eigenvalue weighted by molar-refractivity contribution is -0.157. The molecule has 0 aromatic heterocycles. The van der Waals surface area contributed by atoms with Crippen molar-refractivity contribution in [3.63, 3.8) is 0 Å². The minimum atomic E-state index is -4.43. The zero-order valence-electron chi connectivity index (χ0n) is 16.2. The molecule has 11 heteroatoms. The standard InChI is InChI=1S/C17H25F3N4O3.HI/c1-12(27-14-8-6-5-7-13(14)26-4)9-22-16(21-2)23-10-15(25)24(3)11-17(18,19)20;/h5-8,12H,9-11H2,1-4H3,(H2,21,22,23);1H. The van der Waals surface area contributed by atoms with Crippen LogP contribution in [0, 0.1) is 0 Å². The van der Waals surface area contributed by atoms with Gasteiger partial charge in [0.1, 0.15) is 12.6 Å². The van der Waals surface area contributed by atoms with Crippen LogP contribution in [0.15, 0.2) is 29.3 Å². The first-order valence-electron chi connectivity index (χ1n) is 8.21. The quantitative estimate of drug-likeness (QED) is 0.314. The van der Waals surface area contributed by atoms with Crippen LogP contribution < -0.4 is 20.1 Å². The Balaban J connectivity index is 0.00000729. The molecule has 160 valence electrons. The summed E-state index contributed by atoms with van der Waals surface area (Å²) in [5, 5.41) is 5.63. The fraction of sp³-hybridized carbons (Fsp3) is 0.529. The van der Waals surface area contributed by atoms with Gasteiger partial charge in [-0.25, -0.2) is 0 Å². The number of nitrogens with zero attached hydrogens (tertiary/aromatic N) is 2. The van der Waals surface area contributed by atoms with Gasteiger partial charge in [-0.1, -0.05) is 12.1 Å². The zero-order valence-corrected chi connectivity index (χ0v) is 18.5. The highest BCUT2D eigenvalue weighted by Crippen LogP contribution is 2.26. The molecule has 1 unspecified atom stereocenters.